The van der Waals surface area contributed by atoms with E-state index in [0.29, 0.717) is 36.2 Å². The monoisotopic (exact) mass is 393 g/mol. The highest BCUT2D eigenvalue weighted by Crippen LogP contribution is 2.42. The van der Waals surface area contributed by atoms with E-state index in [4.69, 9.17) is 0 Å². The van der Waals surface area contributed by atoms with E-state index in [-0.39, 0.29) is 0 Å². The van der Waals surface area contributed by atoms with Crippen LogP contribution >= 0.6 is 0 Å². The molecule has 0 saturated carbocycles. The molecular weight excluding hydrogens is 370 g/mol. The summed E-state index contributed by atoms with van der Waals surface area (Å²) < 4.78 is 28.8. The quantitative estimate of drug-likeness (QED) is 0.731. The molecule has 0 bridgehead atoms. The van der Waals surface area contributed by atoms with Gasteiger partial charge in [0.05, 0.1) is 5.69 Å². The normalized spacial score (nSPS) is 19.3. The maximum atomic E-state index is 13.7. The average Bonchev–Trinajstić information content (AvgIpc) is 2.75. The Hall–Kier alpha value is -2.63. The first kappa shape index (κ1) is 18.7. The summed E-state index contributed by atoms with van der Waals surface area (Å²) in [5.74, 6) is 0. The van der Waals surface area contributed by atoms with Gasteiger partial charge < -0.3 is 5.11 Å². The smallest absolute Gasteiger partial charge is 0.241 e. The molecule has 0 spiro atoms. The van der Waals surface area contributed by atoms with Gasteiger partial charge in [0.1, 0.15) is 10.9 Å². The molecule has 28 heavy (non-hydrogen) atoms. The standard InChI is InChI=1S/C23H23NO3S/c25-23(19-11-4-1-5-12-19,20-13-6-2-7-14-20)22-17-10-18-24(28(22,26)27)21-15-8-3-9-16-21/h1-9,11-16,22,25H,10,17-18H2/t22-/m0/s1. The van der Waals surface area contributed by atoms with Crippen LogP contribution in [0.15, 0.2) is 91.0 Å². The van der Waals surface area contributed by atoms with Crippen molar-refractivity contribution < 1.29 is 13.5 Å². The number of nitrogens with zero attached hydrogens (tertiary/aromatic N) is 1. The number of sulfonamides is 1. The second-order valence-corrected chi connectivity index (χ2v) is 9.12. The van der Waals surface area contributed by atoms with Crippen molar-refractivity contribution >= 4 is 15.7 Å². The van der Waals surface area contributed by atoms with E-state index in [1.54, 1.807) is 36.4 Å². The molecule has 1 atom stereocenters. The Kier molecular flexibility index (Phi) is 4.96. The molecule has 4 nitrogen and oxygen atoms in total. The van der Waals surface area contributed by atoms with Crippen LogP contribution in [0.25, 0.3) is 0 Å². The summed E-state index contributed by atoms with van der Waals surface area (Å²) in [6.07, 6.45) is 1.08. The van der Waals surface area contributed by atoms with Gasteiger partial charge in [-0.3, -0.25) is 4.31 Å². The van der Waals surface area contributed by atoms with Gasteiger partial charge in [-0.2, -0.15) is 0 Å². The van der Waals surface area contributed by atoms with Crippen LogP contribution in [0.2, 0.25) is 0 Å². The van der Waals surface area contributed by atoms with Gasteiger partial charge in [0, 0.05) is 6.54 Å². The number of anilines is 1. The predicted octanol–water partition coefficient (Wildman–Crippen LogP) is 3.92. The first-order valence-electron chi connectivity index (χ1n) is 9.44. The maximum Gasteiger partial charge on any atom is 0.241 e. The lowest BCUT2D eigenvalue weighted by molar-refractivity contribution is 0.0704. The summed E-state index contributed by atoms with van der Waals surface area (Å²) in [4.78, 5) is 0. The zero-order valence-electron chi connectivity index (χ0n) is 15.5. The molecule has 1 heterocycles. The maximum absolute atomic E-state index is 13.7. The molecular formula is C23H23NO3S. The molecule has 1 aliphatic rings. The summed E-state index contributed by atoms with van der Waals surface area (Å²) in [7, 11) is -3.79. The summed E-state index contributed by atoms with van der Waals surface area (Å²) in [6, 6.07) is 27.3. The van der Waals surface area contributed by atoms with E-state index in [0.717, 1.165) is 0 Å². The number of hydrogen-bond acceptors (Lipinski definition) is 3. The molecule has 0 unspecified atom stereocenters. The minimum absolute atomic E-state index is 0.395. The molecule has 4 rings (SSSR count). The van der Waals surface area contributed by atoms with Gasteiger partial charge in [0.2, 0.25) is 10.0 Å². The molecule has 3 aromatic carbocycles. The van der Waals surface area contributed by atoms with Gasteiger partial charge in [-0.05, 0) is 36.1 Å². The van der Waals surface area contributed by atoms with Gasteiger partial charge in [-0.1, -0.05) is 78.9 Å². The third kappa shape index (κ3) is 3.11. The van der Waals surface area contributed by atoms with Crippen LogP contribution in [-0.4, -0.2) is 25.3 Å². The van der Waals surface area contributed by atoms with Crippen LogP contribution in [-0.2, 0) is 15.6 Å². The third-order valence-corrected chi connectivity index (χ3v) is 7.74. The van der Waals surface area contributed by atoms with Crippen molar-refractivity contribution in [2.45, 2.75) is 23.7 Å². The number of aliphatic hydroxyl groups is 1. The Morgan fingerprint density at radius 1 is 0.786 bits per heavy atom. The fourth-order valence-corrected chi connectivity index (χ4v) is 6.34. The van der Waals surface area contributed by atoms with Crippen molar-refractivity contribution in [2.75, 3.05) is 10.8 Å². The molecule has 0 aromatic heterocycles. The number of para-hydroxylation sites is 1. The molecule has 0 aliphatic carbocycles. The predicted molar refractivity (Wildman–Crippen MR) is 112 cm³/mol. The van der Waals surface area contributed by atoms with Crippen molar-refractivity contribution in [1.29, 1.82) is 0 Å². The van der Waals surface area contributed by atoms with Gasteiger partial charge in [0.15, 0.2) is 0 Å². The molecule has 3 aromatic rings. The second-order valence-electron chi connectivity index (χ2n) is 7.08. The van der Waals surface area contributed by atoms with E-state index in [9.17, 15) is 13.5 Å². The summed E-state index contributed by atoms with van der Waals surface area (Å²) in [5.41, 5.74) is 0.180. The fraction of sp³-hybridized carbons (Fsp3) is 0.217. The van der Waals surface area contributed by atoms with E-state index >= 15 is 0 Å². The van der Waals surface area contributed by atoms with Crippen LogP contribution in [0.5, 0.6) is 0 Å². The average molecular weight is 394 g/mol. The molecule has 0 radical (unpaired) electrons. The van der Waals surface area contributed by atoms with Crippen molar-refractivity contribution in [1.82, 2.24) is 0 Å². The molecule has 1 N–H and O–H groups in total. The molecule has 1 fully saturated rings. The second kappa shape index (κ2) is 7.41. The number of benzene rings is 3. The number of hydrogen-bond donors (Lipinski definition) is 1. The minimum Gasteiger partial charge on any atom is -0.379 e. The van der Waals surface area contributed by atoms with Gasteiger partial charge in [0.25, 0.3) is 0 Å². The van der Waals surface area contributed by atoms with Crippen LogP contribution in [0.4, 0.5) is 5.69 Å². The lowest BCUT2D eigenvalue weighted by atomic mass is 9.81. The third-order valence-electron chi connectivity index (χ3n) is 5.43. The molecule has 5 heteroatoms. The van der Waals surface area contributed by atoms with Crippen molar-refractivity contribution in [2.24, 2.45) is 0 Å². The van der Waals surface area contributed by atoms with Crippen molar-refractivity contribution in [3.05, 3.63) is 102 Å². The van der Waals surface area contributed by atoms with Crippen molar-refractivity contribution in [3.8, 4) is 0 Å². The van der Waals surface area contributed by atoms with E-state index in [2.05, 4.69) is 0 Å². The molecule has 144 valence electrons. The SMILES string of the molecule is O=S1(=O)[C@H](C(O)(c2ccccc2)c2ccccc2)CCCN1c1ccccc1. The van der Waals surface area contributed by atoms with Gasteiger partial charge >= 0.3 is 0 Å². The minimum atomic E-state index is -3.79. The van der Waals surface area contributed by atoms with Gasteiger partial charge in [-0.15, -0.1) is 0 Å². The first-order chi connectivity index (χ1) is 13.5. The summed E-state index contributed by atoms with van der Waals surface area (Å²) in [6.45, 7) is 0.419. The highest BCUT2D eigenvalue weighted by Gasteiger charge is 2.51. The summed E-state index contributed by atoms with van der Waals surface area (Å²) >= 11 is 0. The highest BCUT2D eigenvalue weighted by atomic mass is 32.2. The van der Waals surface area contributed by atoms with Crippen LogP contribution in [0.1, 0.15) is 24.0 Å². The van der Waals surface area contributed by atoms with E-state index < -0.39 is 20.9 Å². The lowest BCUT2D eigenvalue weighted by Gasteiger charge is -2.42. The van der Waals surface area contributed by atoms with Crippen LogP contribution in [0.3, 0.4) is 0 Å². The van der Waals surface area contributed by atoms with Crippen LogP contribution in [0, 0.1) is 0 Å². The first-order valence-corrected chi connectivity index (χ1v) is 10.9. The zero-order chi connectivity index (χ0) is 19.6. The lowest BCUT2D eigenvalue weighted by Crippen LogP contribution is -2.54. The van der Waals surface area contributed by atoms with Gasteiger partial charge in [-0.25, -0.2) is 8.42 Å². The molecule has 1 aliphatic heterocycles. The largest absolute Gasteiger partial charge is 0.379 e. The Morgan fingerprint density at radius 3 is 1.75 bits per heavy atom. The molecule has 0 amide bonds. The molecule has 1 saturated heterocycles. The Bertz CT molecular complexity index is 982. The zero-order valence-corrected chi connectivity index (χ0v) is 16.3. The van der Waals surface area contributed by atoms with E-state index in [1.165, 1.54) is 4.31 Å². The van der Waals surface area contributed by atoms with Crippen molar-refractivity contribution in [3.63, 3.8) is 0 Å². The highest BCUT2D eigenvalue weighted by molar-refractivity contribution is 7.93. The Morgan fingerprint density at radius 2 is 1.25 bits per heavy atom. The Balaban J connectivity index is 1.87. The Labute approximate surface area is 166 Å². The summed E-state index contributed by atoms with van der Waals surface area (Å²) in [5, 5.41) is 11.0. The fourth-order valence-electron chi connectivity index (χ4n) is 4.07. The van der Waals surface area contributed by atoms with E-state index in [1.807, 2.05) is 54.6 Å². The topological polar surface area (TPSA) is 57.6 Å². The van der Waals surface area contributed by atoms with Crippen LogP contribution < -0.4 is 4.31 Å². The number of rotatable bonds is 4.